The summed E-state index contributed by atoms with van der Waals surface area (Å²) in [5.74, 6) is 0. The first-order valence-corrected chi connectivity index (χ1v) is 6.97. The highest BCUT2D eigenvalue weighted by atomic mass is 127. The predicted octanol–water partition coefficient (Wildman–Crippen LogP) is 5.25. The molecule has 0 aliphatic heterocycles. The van der Waals surface area contributed by atoms with Crippen LogP contribution in [0, 0.1) is 13.7 Å². The van der Waals surface area contributed by atoms with E-state index in [2.05, 4.69) is 27.9 Å². The van der Waals surface area contributed by atoms with E-state index in [1.807, 2.05) is 6.07 Å². The molecule has 0 atom stereocenters. The maximum atomic E-state index is 11.0. The number of nitro groups is 1. The topological polar surface area (TPSA) is 55.2 Å². The minimum atomic E-state index is -0.523. The molecule has 0 amide bonds. The van der Waals surface area contributed by atoms with Crippen molar-refractivity contribution in [3.63, 3.8) is 0 Å². The summed E-state index contributed by atoms with van der Waals surface area (Å²) in [5.41, 5.74) is 0.729. The third-order valence-electron chi connectivity index (χ3n) is 2.37. The second-order valence-electron chi connectivity index (χ2n) is 3.64. The third kappa shape index (κ3) is 3.29. The highest BCUT2D eigenvalue weighted by molar-refractivity contribution is 14.1. The van der Waals surface area contributed by atoms with Crippen LogP contribution in [0.25, 0.3) is 0 Å². The van der Waals surface area contributed by atoms with Gasteiger partial charge < -0.3 is 5.32 Å². The van der Waals surface area contributed by atoms with Gasteiger partial charge in [0.2, 0.25) is 0 Å². The minimum Gasteiger partial charge on any atom is -0.349 e. The fraction of sp³-hybridized carbons (Fsp3) is 0. The number of para-hydroxylation sites is 1. The molecule has 0 heterocycles. The molecule has 4 nitrogen and oxygen atoms in total. The molecule has 2 aromatic rings. The molecule has 2 rings (SSSR count). The van der Waals surface area contributed by atoms with E-state index in [4.69, 9.17) is 23.2 Å². The third-order valence-corrected chi connectivity index (χ3v) is 3.66. The zero-order valence-electron chi connectivity index (χ0n) is 9.36. The van der Waals surface area contributed by atoms with Crippen molar-refractivity contribution >= 4 is 62.9 Å². The van der Waals surface area contributed by atoms with Gasteiger partial charge in [-0.3, -0.25) is 10.1 Å². The summed E-state index contributed by atoms with van der Waals surface area (Å²) in [7, 11) is 0. The number of nitrogens with one attached hydrogen (secondary N) is 1. The summed E-state index contributed by atoms with van der Waals surface area (Å²) < 4.78 is 0.980. The fourth-order valence-electron chi connectivity index (χ4n) is 1.54. The number of hydrogen-bond acceptors (Lipinski definition) is 3. The van der Waals surface area contributed by atoms with E-state index in [9.17, 15) is 10.1 Å². The lowest BCUT2D eigenvalue weighted by molar-refractivity contribution is -0.383. The maximum Gasteiger partial charge on any atom is 0.311 e. The Labute approximate surface area is 133 Å². The van der Waals surface area contributed by atoms with Crippen LogP contribution in [0.15, 0.2) is 36.4 Å². The first-order valence-electron chi connectivity index (χ1n) is 5.14. The average molecular weight is 409 g/mol. The Kier molecular flexibility index (Phi) is 4.49. The van der Waals surface area contributed by atoms with E-state index < -0.39 is 4.92 Å². The lowest BCUT2D eigenvalue weighted by Gasteiger charge is -2.09. The van der Waals surface area contributed by atoms with E-state index in [0.29, 0.717) is 16.4 Å². The Morgan fingerprint density at radius 3 is 2.47 bits per heavy atom. The van der Waals surface area contributed by atoms with Gasteiger partial charge in [-0.1, -0.05) is 29.3 Å². The van der Waals surface area contributed by atoms with Gasteiger partial charge in [-0.05, 0) is 52.9 Å². The van der Waals surface area contributed by atoms with Gasteiger partial charge in [0.25, 0.3) is 0 Å². The Balaban J connectivity index is 2.44. The van der Waals surface area contributed by atoms with Gasteiger partial charge in [0.05, 0.1) is 15.6 Å². The van der Waals surface area contributed by atoms with Crippen LogP contribution in [0.4, 0.5) is 17.1 Å². The number of nitrogens with zero attached hydrogens (tertiary/aromatic N) is 1. The molecule has 0 fully saturated rings. The molecule has 0 spiro atoms. The van der Waals surface area contributed by atoms with Gasteiger partial charge in [-0.25, -0.2) is 0 Å². The van der Waals surface area contributed by atoms with Gasteiger partial charge in [0.15, 0.2) is 0 Å². The van der Waals surface area contributed by atoms with Crippen molar-refractivity contribution in [1.82, 2.24) is 0 Å². The van der Waals surface area contributed by atoms with Crippen molar-refractivity contribution in [2.24, 2.45) is 0 Å². The SMILES string of the molecule is O=[N+]([O-])c1c(Cl)cccc1Nc1ccc(I)cc1Cl. The quantitative estimate of drug-likeness (QED) is 0.428. The molecule has 98 valence electrons. The second-order valence-corrected chi connectivity index (χ2v) is 5.70. The molecule has 0 saturated heterocycles. The van der Waals surface area contributed by atoms with Crippen LogP contribution in [-0.4, -0.2) is 4.92 Å². The Hall–Kier alpha value is -1.05. The molecule has 0 unspecified atom stereocenters. The van der Waals surface area contributed by atoms with Crippen LogP contribution in [-0.2, 0) is 0 Å². The highest BCUT2D eigenvalue weighted by Crippen LogP contribution is 2.36. The Morgan fingerprint density at radius 1 is 1.11 bits per heavy atom. The smallest absolute Gasteiger partial charge is 0.311 e. The van der Waals surface area contributed by atoms with Gasteiger partial charge >= 0.3 is 5.69 Å². The molecule has 2 aromatic carbocycles. The van der Waals surface area contributed by atoms with Crippen LogP contribution in [0.5, 0.6) is 0 Å². The van der Waals surface area contributed by atoms with Crippen molar-refractivity contribution in [1.29, 1.82) is 0 Å². The zero-order chi connectivity index (χ0) is 14.0. The van der Waals surface area contributed by atoms with Crippen molar-refractivity contribution in [3.8, 4) is 0 Å². The van der Waals surface area contributed by atoms with E-state index >= 15 is 0 Å². The van der Waals surface area contributed by atoms with Gasteiger partial charge in [-0.15, -0.1) is 0 Å². The number of hydrogen-bond donors (Lipinski definition) is 1. The zero-order valence-corrected chi connectivity index (χ0v) is 13.0. The van der Waals surface area contributed by atoms with Crippen LogP contribution >= 0.6 is 45.8 Å². The molecule has 0 aromatic heterocycles. The number of halogens is 3. The normalized spacial score (nSPS) is 10.3. The average Bonchev–Trinajstić information content (AvgIpc) is 2.32. The Morgan fingerprint density at radius 2 is 1.84 bits per heavy atom. The second kappa shape index (κ2) is 5.94. The molecule has 1 N–H and O–H groups in total. The van der Waals surface area contributed by atoms with Crippen LogP contribution in [0.3, 0.4) is 0 Å². The summed E-state index contributed by atoms with van der Waals surface area (Å²) in [6.45, 7) is 0. The van der Waals surface area contributed by atoms with E-state index in [1.54, 1.807) is 24.3 Å². The molecule has 7 heteroatoms. The largest absolute Gasteiger partial charge is 0.349 e. The highest BCUT2D eigenvalue weighted by Gasteiger charge is 2.18. The van der Waals surface area contributed by atoms with E-state index in [-0.39, 0.29) is 10.7 Å². The maximum absolute atomic E-state index is 11.0. The molecule has 0 aliphatic carbocycles. The summed E-state index contributed by atoms with van der Waals surface area (Å²) in [4.78, 5) is 10.5. The summed E-state index contributed by atoms with van der Waals surface area (Å²) in [6.07, 6.45) is 0. The predicted molar refractivity (Wildman–Crippen MR) is 85.6 cm³/mol. The number of anilines is 2. The molecule has 0 aliphatic rings. The van der Waals surface area contributed by atoms with Gasteiger partial charge in [0.1, 0.15) is 10.7 Å². The summed E-state index contributed by atoms with van der Waals surface area (Å²) in [6, 6.07) is 10.1. The molecule has 0 bridgehead atoms. The standard InChI is InChI=1S/C12H7Cl2IN2O2/c13-8-2-1-3-11(12(8)17(18)19)16-10-5-4-7(15)6-9(10)14/h1-6,16H. The summed E-state index contributed by atoms with van der Waals surface area (Å²) in [5, 5.41) is 14.5. The number of benzene rings is 2. The van der Waals surface area contributed by atoms with E-state index in [1.165, 1.54) is 6.07 Å². The van der Waals surface area contributed by atoms with Crippen molar-refractivity contribution in [2.45, 2.75) is 0 Å². The molecule has 19 heavy (non-hydrogen) atoms. The van der Waals surface area contributed by atoms with Crippen molar-refractivity contribution in [2.75, 3.05) is 5.32 Å². The summed E-state index contributed by atoms with van der Waals surface area (Å²) >= 11 is 14.1. The van der Waals surface area contributed by atoms with Gasteiger partial charge in [-0.2, -0.15) is 0 Å². The van der Waals surface area contributed by atoms with Crippen molar-refractivity contribution in [3.05, 3.63) is 60.1 Å². The van der Waals surface area contributed by atoms with Crippen LogP contribution < -0.4 is 5.32 Å². The minimum absolute atomic E-state index is 0.0802. The van der Waals surface area contributed by atoms with E-state index in [0.717, 1.165) is 3.57 Å². The number of rotatable bonds is 3. The lowest BCUT2D eigenvalue weighted by atomic mass is 10.2. The first-order chi connectivity index (χ1) is 8.99. The van der Waals surface area contributed by atoms with Crippen LogP contribution in [0.2, 0.25) is 10.0 Å². The van der Waals surface area contributed by atoms with Gasteiger partial charge in [0, 0.05) is 3.57 Å². The Bertz CT molecular complexity index is 650. The fourth-order valence-corrected chi connectivity index (χ4v) is 2.68. The van der Waals surface area contributed by atoms with Crippen LogP contribution in [0.1, 0.15) is 0 Å². The lowest BCUT2D eigenvalue weighted by Crippen LogP contribution is -1.98. The van der Waals surface area contributed by atoms with Crippen molar-refractivity contribution < 1.29 is 4.92 Å². The molecule has 0 saturated carbocycles. The molecular weight excluding hydrogens is 402 g/mol. The molecular formula is C12H7Cl2IN2O2. The first kappa shape index (κ1) is 14.4. The number of nitro benzene ring substituents is 1. The molecule has 0 radical (unpaired) electrons. The monoisotopic (exact) mass is 408 g/mol.